The van der Waals surface area contributed by atoms with Gasteiger partial charge in [0.2, 0.25) is 5.82 Å². The largest absolute Gasteiger partial charge is 0.416 e. The van der Waals surface area contributed by atoms with Crippen molar-refractivity contribution in [2.45, 2.75) is 25.4 Å². The van der Waals surface area contributed by atoms with E-state index < -0.39 is 42.9 Å². The zero-order valence-electron chi connectivity index (χ0n) is 20.1. The van der Waals surface area contributed by atoms with Gasteiger partial charge in [-0.3, -0.25) is 14.2 Å². The smallest absolute Gasteiger partial charge is 0.382 e. The first-order chi connectivity index (χ1) is 18.4. The number of nitrogens with one attached hydrogen (secondary N) is 1. The fraction of sp³-hybridized carbons (Fsp3) is 0.217. The molecule has 4 rings (SSSR count). The van der Waals surface area contributed by atoms with E-state index in [-0.39, 0.29) is 34.3 Å². The number of rotatable bonds is 8. The van der Waals surface area contributed by atoms with Crippen LogP contribution in [0.5, 0.6) is 0 Å². The molecule has 0 aliphatic rings. The van der Waals surface area contributed by atoms with Crippen LogP contribution in [0.1, 0.15) is 26.8 Å². The van der Waals surface area contributed by atoms with Crippen LogP contribution in [0.15, 0.2) is 53.3 Å². The summed E-state index contributed by atoms with van der Waals surface area (Å²) in [6.45, 7) is -1.61. The third-order valence-electron chi connectivity index (χ3n) is 5.53. The average molecular weight is 565 g/mol. The Morgan fingerprint density at radius 3 is 2.41 bits per heavy atom. The quantitative estimate of drug-likeness (QED) is 0.291. The topological polar surface area (TPSA) is 163 Å². The van der Waals surface area contributed by atoms with Gasteiger partial charge in [-0.1, -0.05) is 23.7 Å². The minimum atomic E-state index is -4.99. The molecule has 4 aromatic rings. The van der Waals surface area contributed by atoms with E-state index >= 15 is 0 Å². The molecule has 1 atom stereocenters. The summed E-state index contributed by atoms with van der Waals surface area (Å²) in [5.74, 6) is -2.17. The zero-order chi connectivity index (χ0) is 28.5. The lowest BCUT2D eigenvalue weighted by atomic mass is 10.1. The second kappa shape index (κ2) is 10.7. The summed E-state index contributed by atoms with van der Waals surface area (Å²) in [4.78, 5) is 41.6. The summed E-state index contributed by atoms with van der Waals surface area (Å²) < 4.78 is 41.8. The maximum absolute atomic E-state index is 13.1. The van der Waals surface area contributed by atoms with Crippen molar-refractivity contribution in [1.29, 1.82) is 0 Å². The highest BCUT2D eigenvalue weighted by molar-refractivity contribution is 6.30. The average Bonchev–Trinajstić information content (AvgIpc) is 3.45. The van der Waals surface area contributed by atoms with E-state index in [1.165, 1.54) is 43.4 Å². The number of aliphatic hydroxyl groups is 1. The molecule has 0 aliphatic heterocycles. The Balaban J connectivity index is 1.80. The number of carbonyl (C=O) groups is 2. The van der Waals surface area contributed by atoms with Crippen molar-refractivity contribution in [1.82, 2.24) is 34.4 Å². The summed E-state index contributed by atoms with van der Waals surface area (Å²) in [6.07, 6.45) is -7.84. The molecule has 2 aromatic carbocycles. The Labute approximate surface area is 222 Å². The van der Waals surface area contributed by atoms with Crippen LogP contribution >= 0.6 is 11.6 Å². The Bertz CT molecular complexity index is 1590. The standard InChI is InChI=1S/C23H20ClF3N8O4/c1-29-21(38)14-4-2-3-5-15(14)35-20(18(28)37)30-17(31-35)11-34-22(39)33(10-16(36)23(25,26)27)19(32-34)12-6-8-13(24)9-7-12/h2-9,16,36H,10-11H2,1H3,(H2,28,37)(H,29,38). The van der Waals surface area contributed by atoms with E-state index in [2.05, 4.69) is 20.5 Å². The van der Waals surface area contributed by atoms with Crippen LogP contribution in [0.2, 0.25) is 5.02 Å². The number of carbonyl (C=O) groups excluding carboxylic acids is 2. The number of primary amides is 1. The molecule has 2 aromatic heterocycles. The fourth-order valence-electron chi connectivity index (χ4n) is 3.67. The Hall–Kier alpha value is -4.50. The molecule has 0 fully saturated rings. The predicted octanol–water partition coefficient (Wildman–Crippen LogP) is 1.38. The van der Waals surface area contributed by atoms with Crippen molar-refractivity contribution in [2.24, 2.45) is 5.73 Å². The normalized spacial score (nSPS) is 12.4. The number of para-hydroxylation sites is 1. The maximum Gasteiger partial charge on any atom is 0.416 e. The van der Waals surface area contributed by atoms with Crippen LogP contribution in [0.25, 0.3) is 17.1 Å². The molecule has 39 heavy (non-hydrogen) atoms. The van der Waals surface area contributed by atoms with E-state index in [1.54, 1.807) is 12.1 Å². The van der Waals surface area contributed by atoms with E-state index in [0.717, 1.165) is 9.36 Å². The van der Waals surface area contributed by atoms with Gasteiger partial charge in [-0.15, -0.1) is 10.2 Å². The van der Waals surface area contributed by atoms with Gasteiger partial charge < -0.3 is 16.2 Å². The van der Waals surface area contributed by atoms with Crippen LogP contribution in [0.3, 0.4) is 0 Å². The summed E-state index contributed by atoms with van der Waals surface area (Å²) in [7, 11) is 1.41. The first-order valence-corrected chi connectivity index (χ1v) is 11.5. The van der Waals surface area contributed by atoms with Crippen LogP contribution in [-0.2, 0) is 13.1 Å². The summed E-state index contributed by atoms with van der Waals surface area (Å²) >= 11 is 5.90. The molecular weight excluding hydrogens is 545 g/mol. The number of amides is 2. The van der Waals surface area contributed by atoms with Crippen molar-refractivity contribution in [3.63, 3.8) is 0 Å². The Morgan fingerprint density at radius 2 is 1.79 bits per heavy atom. The van der Waals surface area contributed by atoms with Gasteiger partial charge in [-0.25, -0.2) is 19.1 Å². The van der Waals surface area contributed by atoms with Crippen LogP contribution in [-0.4, -0.2) is 65.4 Å². The first-order valence-electron chi connectivity index (χ1n) is 11.2. The van der Waals surface area contributed by atoms with Gasteiger partial charge in [-0.05, 0) is 36.4 Å². The maximum atomic E-state index is 13.1. The minimum Gasteiger partial charge on any atom is -0.382 e. The molecular formula is C23H20ClF3N8O4. The third kappa shape index (κ3) is 5.68. The number of aromatic nitrogens is 6. The summed E-state index contributed by atoms with van der Waals surface area (Å²) in [6, 6.07) is 12.0. The molecule has 1 unspecified atom stereocenters. The lowest BCUT2D eigenvalue weighted by molar-refractivity contribution is -0.207. The summed E-state index contributed by atoms with van der Waals surface area (Å²) in [5.41, 5.74) is 5.01. The highest BCUT2D eigenvalue weighted by Crippen LogP contribution is 2.24. The first kappa shape index (κ1) is 27.5. The van der Waals surface area contributed by atoms with Crippen LogP contribution in [0, 0.1) is 0 Å². The molecule has 2 amide bonds. The number of halogens is 4. The van der Waals surface area contributed by atoms with Crippen LogP contribution in [0.4, 0.5) is 13.2 Å². The van der Waals surface area contributed by atoms with Crippen molar-refractivity contribution >= 4 is 23.4 Å². The van der Waals surface area contributed by atoms with Gasteiger partial charge in [0.05, 0.1) is 17.8 Å². The Kier molecular flexibility index (Phi) is 7.56. The molecule has 12 nitrogen and oxygen atoms in total. The molecule has 0 radical (unpaired) electrons. The van der Waals surface area contributed by atoms with Gasteiger partial charge in [0.25, 0.3) is 11.8 Å². The number of benzene rings is 2. The van der Waals surface area contributed by atoms with E-state index in [0.29, 0.717) is 9.59 Å². The molecule has 0 spiro atoms. The van der Waals surface area contributed by atoms with Gasteiger partial charge in [0, 0.05) is 17.6 Å². The monoisotopic (exact) mass is 564 g/mol. The third-order valence-corrected chi connectivity index (χ3v) is 5.78. The molecule has 0 aliphatic carbocycles. The zero-order valence-corrected chi connectivity index (χ0v) is 20.8. The number of nitrogens with two attached hydrogens (primary N) is 1. The van der Waals surface area contributed by atoms with E-state index in [1.807, 2.05) is 0 Å². The molecule has 0 saturated carbocycles. The lowest BCUT2D eigenvalue weighted by Gasteiger charge is -2.15. The van der Waals surface area contributed by atoms with Crippen molar-refractivity contribution < 1.29 is 27.9 Å². The highest BCUT2D eigenvalue weighted by atomic mass is 35.5. The molecule has 0 saturated heterocycles. The number of alkyl halides is 3. The molecule has 204 valence electrons. The molecule has 2 heterocycles. The SMILES string of the molecule is CNC(=O)c1ccccc1-n1nc(Cn2nc(-c3ccc(Cl)cc3)n(CC(O)C(F)(F)F)c2=O)nc1C(N)=O. The van der Waals surface area contributed by atoms with Gasteiger partial charge in [0.15, 0.2) is 17.8 Å². The van der Waals surface area contributed by atoms with Crippen molar-refractivity contribution in [2.75, 3.05) is 7.05 Å². The number of aliphatic hydroxyl groups excluding tert-OH is 1. The van der Waals surface area contributed by atoms with Crippen molar-refractivity contribution in [3.8, 4) is 17.1 Å². The second-order valence-electron chi connectivity index (χ2n) is 8.16. The number of hydrogen-bond donors (Lipinski definition) is 3. The number of hydrogen-bond acceptors (Lipinski definition) is 7. The second-order valence-corrected chi connectivity index (χ2v) is 8.60. The highest BCUT2D eigenvalue weighted by Gasteiger charge is 2.39. The van der Waals surface area contributed by atoms with E-state index in [9.17, 15) is 32.7 Å². The molecule has 16 heteroatoms. The molecule has 4 N–H and O–H groups in total. The minimum absolute atomic E-state index is 0.145. The predicted molar refractivity (Wildman–Crippen MR) is 131 cm³/mol. The van der Waals surface area contributed by atoms with E-state index in [4.69, 9.17) is 17.3 Å². The lowest BCUT2D eigenvalue weighted by Crippen LogP contribution is -2.37. The van der Waals surface area contributed by atoms with Gasteiger partial charge >= 0.3 is 11.9 Å². The molecule has 0 bridgehead atoms. The van der Waals surface area contributed by atoms with Crippen molar-refractivity contribution in [3.05, 3.63) is 81.3 Å². The van der Waals surface area contributed by atoms with Gasteiger partial charge in [-0.2, -0.15) is 13.2 Å². The summed E-state index contributed by atoms with van der Waals surface area (Å²) in [5, 5.41) is 20.8. The van der Waals surface area contributed by atoms with Gasteiger partial charge in [0.1, 0.15) is 6.54 Å². The number of nitrogens with zero attached hydrogens (tertiary/aromatic N) is 6. The fourth-order valence-corrected chi connectivity index (χ4v) is 3.79. The van der Waals surface area contributed by atoms with Crippen LogP contribution < -0.4 is 16.7 Å². The Morgan fingerprint density at radius 1 is 1.13 bits per heavy atom.